The predicted molar refractivity (Wildman–Crippen MR) is 46.6 cm³/mol. The molecule has 15 heavy (non-hydrogen) atoms. The number of piperidine rings is 1. The zero-order valence-electron chi connectivity index (χ0n) is 11.2. The normalized spacial score (nSPS) is 16.3. The van der Waals surface area contributed by atoms with Gasteiger partial charge in [0.15, 0.2) is 5.92 Å². The summed E-state index contributed by atoms with van der Waals surface area (Å²) in [5.74, 6) is -3.91. The Bertz CT molecular complexity index is 214. The molecule has 3 N–H and O–H groups in total. The summed E-state index contributed by atoms with van der Waals surface area (Å²) in [5, 5.41) is 20.5. The molecule has 0 amide bonds. The summed E-state index contributed by atoms with van der Waals surface area (Å²) < 4.78 is 0. The Morgan fingerprint density at radius 3 is 1.87 bits per heavy atom. The van der Waals surface area contributed by atoms with Gasteiger partial charge in [0.25, 0.3) is 0 Å². The second-order valence-electron chi connectivity index (χ2n) is 3.24. The number of carbonyl (C=O) groups is 2. The van der Waals surface area contributed by atoms with Gasteiger partial charge in [-0.1, -0.05) is 0 Å². The Morgan fingerprint density at radius 1 is 1.13 bits per heavy atom. The number of rotatable bonds is 3. The molecule has 0 aromatic carbocycles. The molecule has 0 radical (unpaired) electrons. The quantitative estimate of drug-likeness (QED) is 0.335. The van der Waals surface area contributed by atoms with E-state index in [0.29, 0.717) is 25.9 Å². The average molecular weight is 235 g/mol. The van der Waals surface area contributed by atoms with Crippen molar-refractivity contribution < 1.29 is 81.8 Å². The van der Waals surface area contributed by atoms with E-state index in [4.69, 9.17) is 10.2 Å². The van der Waals surface area contributed by atoms with Crippen LogP contribution >= 0.6 is 0 Å². The fourth-order valence-electron chi connectivity index (χ4n) is 1.69. The van der Waals surface area contributed by atoms with Crippen LogP contribution in [0.1, 0.15) is 15.7 Å². The van der Waals surface area contributed by atoms with Crippen LogP contribution < -0.4 is 64.4 Å². The monoisotopic (exact) mass is 235 g/mol. The van der Waals surface area contributed by atoms with Crippen molar-refractivity contribution in [3.63, 3.8) is 0 Å². The number of hydrogen-bond donors (Lipinski definition) is 3. The molecule has 78 valence electrons. The molecule has 1 heterocycles. The summed E-state index contributed by atoms with van der Waals surface area (Å²) in [4.78, 5) is 21.3. The van der Waals surface area contributed by atoms with Crippen LogP contribution in [0.4, 0.5) is 0 Å². The van der Waals surface area contributed by atoms with Gasteiger partial charge in [-0.3, -0.25) is 9.59 Å². The molecule has 1 saturated heterocycles. The average Bonchev–Trinajstić information content (AvgIpc) is 2.04. The molecule has 0 unspecified atom stereocenters. The van der Waals surface area contributed by atoms with E-state index in [-0.39, 0.29) is 67.9 Å². The fourth-order valence-corrected chi connectivity index (χ4v) is 1.69. The van der Waals surface area contributed by atoms with Gasteiger partial charge in [-0.05, 0) is 31.8 Å². The van der Waals surface area contributed by atoms with Crippen molar-refractivity contribution in [2.24, 2.45) is 11.8 Å². The second kappa shape index (κ2) is 8.98. The van der Waals surface area contributed by atoms with Gasteiger partial charge in [-0.25, -0.2) is 0 Å². The Labute approximate surface area is 136 Å². The first kappa shape index (κ1) is 18.3. The van der Waals surface area contributed by atoms with Gasteiger partial charge in [0.05, 0.1) is 0 Å². The molecule has 5 nitrogen and oxygen atoms in total. The van der Waals surface area contributed by atoms with Crippen molar-refractivity contribution in [3.05, 3.63) is 0 Å². The standard InChI is InChI=1S/C8H13NO4.2Na.2H/c10-7(11)6(8(12)13)5-1-3-9-4-2-5;;;;/h5-6,9H,1-4H2,(H,10,11)(H,12,13);;;;/q;2*+1;2*-1. The third kappa shape index (κ3) is 5.68. The summed E-state index contributed by atoms with van der Waals surface area (Å²) in [6.07, 6.45) is 1.26. The van der Waals surface area contributed by atoms with Crippen LogP contribution in [-0.4, -0.2) is 35.2 Å². The van der Waals surface area contributed by atoms with E-state index in [1.54, 1.807) is 0 Å². The van der Waals surface area contributed by atoms with Crippen LogP contribution in [-0.2, 0) is 9.59 Å². The van der Waals surface area contributed by atoms with Crippen molar-refractivity contribution in [3.8, 4) is 0 Å². The number of hydrogen-bond acceptors (Lipinski definition) is 3. The van der Waals surface area contributed by atoms with E-state index in [9.17, 15) is 9.59 Å². The first-order chi connectivity index (χ1) is 6.13. The van der Waals surface area contributed by atoms with Crippen LogP contribution in [0.5, 0.6) is 0 Å². The minimum atomic E-state index is -1.23. The maximum Gasteiger partial charge on any atom is 1.00 e. The Kier molecular flexibility index (Phi) is 10.9. The van der Waals surface area contributed by atoms with Gasteiger partial charge < -0.3 is 18.4 Å². The van der Waals surface area contributed by atoms with E-state index >= 15 is 0 Å². The van der Waals surface area contributed by atoms with Gasteiger partial charge in [-0.2, -0.15) is 0 Å². The molecular weight excluding hydrogens is 220 g/mol. The maximum absolute atomic E-state index is 10.6. The maximum atomic E-state index is 10.6. The minimum Gasteiger partial charge on any atom is -1.00 e. The molecule has 1 fully saturated rings. The van der Waals surface area contributed by atoms with Crippen LogP contribution in [0.25, 0.3) is 0 Å². The molecule has 0 aromatic rings. The Hall–Kier alpha value is 0.900. The van der Waals surface area contributed by atoms with Crippen molar-refractivity contribution in [1.29, 1.82) is 0 Å². The molecule has 1 rings (SSSR count). The summed E-state index contributed by atoms with van der Waals surface area (Å²) in [6, 6.07) is 0. The van der Waals surface area contributed by atoms with E-state index in [1.807, 2.05) is 0 Å². The Morgan fingerprint density at radius 2 is 1.53 bits per heavy atom. The zero-order chi connectivity index (χ0) is 9.84. The first-order valence-electron chi connectivity index (χ1n) is 4.29. The number of carboxylic acid groups (broad SMARTS) is 2. The van der Waals surface area contributed by atoms with Gasteiger partial charge in [0, 0.05) is 0 Å². The van der Waals surface area contributed by atoms with Crippen LogP contribution in [0.2, 0.25) is 0 Å². The molecule has 0 atom stereocenters. The topological polar surface area (TPSA) is 86.6 Å². The van der Waals surface area contributed by atoms with E-state index < -0.39 is 17.9 Å². The molecule has 0 aromatic heterocycles. The summed E-state index contributed by atoms with van der Waals surface area (Å²) in [6.45, 7) is 1.42. The second-order valence-corrected chi connectivity index (χ2v) is 3.24. The van der Waals surface area contributed by atoms with E-state index in [2.05, 4.69) is 5.32 Å². The van der Waals surface area contributed by atoms with E-state index in [0.717, 1.165) is 0 Å². The zero-order valence-corrected chi connectivity index (χ0v) is 13.2. The van der Waals surface area contributed by atoms with Crippen LogP contribution in [0.15, 0.2) is 0 Å². The number of carboxylic acids is 2. The van der Waals surface area contributed by atoms with Crippen LogP contribution in [0, 0.1) is 11.8 Å². The van der Waals surface area contributed by atoms with Crippen LogP contribution in [0.3, 0.4) is 0 Å². The van der Waals surface area contributed by atoms with Crippen molar-refractivity contribution in [1.82, 2.24) is 5.32 Å². The number of aliphatic carboxylic acids is 2. The minimum absolute atomic E-state index is 0. The summed E-state index contributed by atoms with van der Waals surface area (Å²) in [7, 11) is 0. The first-order valence-corrected chi connectivity index (χ1v) is 4.29. The van der Waals surface area contributed by atoms with Crippen molar-refractivity contribution in [2.45, 2.75) is 12.8 Å². The third-order valence-corrected chi connectivity index (χ3v) is 2.39. The summed E-state index contributed by atoms with van der Waals surface area (Å²) >= 11 is 0. The molecule has 7 heteroatoms. The van der Waals surface area contributed by atoms with Gasteiger partial charge in [0.1, 0.15) is 0 Å². The molecule has 0 saturated carbocycles. The van der Waals surface area contributed by atoms with E-state index in [1.165, 1.54) is 0 Å². The number of nitrogens with one attached hydrogen (secondary N) is 1. The largest absolute Gasteiger partial charge is 1.00 e. The Balaban J connectivity index is -0.000000211. The smallest absolute Gasteiger partial charge is 1.00 e. The molecular formula is C8H15NNa2O4. The van der Waals surface area contributed by atoms with Crippen molar-refractivity contribution >= 4 is 11.9 Å². The van der Waals surface area contributed by atoms with Crippen molar-refractivity contribution in [2.75, 3.05) is 13.1 Å². The fraction of sp³-hybridized carbons (Fsp3) is 0.750. The van der Waals surface area contributed by atoms with Gasteiger partial charge in [-0.15, -0.1) is 0 Å². The molecule has 1 aliphatic rings. The SMILES string of the molecule is O=C(O)C(C(=O)O)C1CCNCC1.[H-].[H-].[Na+].[Na+]. The van der Waals surface area contributed by atoms with Gasteiger partial charge >= 0.3 is 71.1 Å². The predicted octanol–water partition coefficient (Wildman–Crippen LogP) is -6.00. The molecule has 0 bridgehead atoms. The molecule has 0 aliphatic carbocycles. The van der Waals surface area contributed by atoms with Gasteiger partial charge in [0.2, 0.25) is 0 Å². The molecule has 1 aliphatic heterocycles. The molecule has 0 spiro atoms. The summed E-state index contributed by atoms with van der Waals surface area (Å²) in [5.41, 5.74) is 0. The third-order valence-electron chi connectivity index (χ3n) is 2.39.